The van der Waals surface area contributed by atoms with E-state index in [1.807, 2.05) is 0 Å². The standard InChI is InChI=1S/C18H14F6N2O4S/c19-17(20,21)30-15-3-1-2-14-13(15)8-9-26(16(14)27)10-11-4-6-12(7-5-11)25-31(28,29)18(22,23)24/h1-7,25H,8-10H2. The second kappa shape index (κ2) is 7.94. The SMILES string of the molecule is O=C1c2cccc(OC(F)(F)F)c2CCN1Cc1ccc(NS(=O)(=O)C(F)(F)F)cc1. The van der Waals surface area contributed by atoms with Crippen molar-refractivity contribution in [3.05, 3.63) is 59.2 Å². The zero-order valence-corrected chi connectivity index (χ0v) is 16.2. The van der Waals surface area contributed by atoms with Crippen LogP contribution in [0.5, 0.6) is 5.75 Å². The highest BCUT2D eigenvalue weighted by molar-refractivity contribution is 7.93. The molecule has 2 aromatic rings. The minimum Gasteiger partial charge on any atom is -0.405 e. The van der Waals surface area contributed by atoms with Gasteiger partial charge in [0.15, 0.2) is 0 Å². The number of sulfonamides is 1. The summed E-state index contributed by atoms with van der Waals surface area (Å²) in [6, 6.07) is 8.65. The van der Waals surface area contributed by atoms with Crippen molar-refractivity contribution in [2.45, 2.75) is 24.8 Å². The Balaban J connectivity index is 1.73. The first kappa shape index (κ1) is 22.7. The summed E-state index contributed by atoms with van der Waals surface area (Å²) in [5.74, 6) is -0.977. The molecule has 0 fully saturated rings. The second-order valence-electron chi connectivity index (χ2n) is 6.55. The van der Waals surface area contributed by atoms with Crippen LogP contribution >= 0.6 is 0 Å². The van der Waals surface area contributed by atoms with E-state index in [0.29, 0.717) is 5.56 Å². The van der Waals surface area contributed by atoms with Crippen molar-refractivity contribution >= 4 is 21.6 Å². The van der Waals surface area contributed by atoms with Crippen LogP contribution in [0.1, 0.15) is 21.5 Å². The highest BCUT2D eigenvalue weighted by atomic mass is 32.2. The molecule has 0 saturated carbocycles. The van der Waals surface area contributed by atoms with Gasteiger partial charge in [-0.3, -0.25) is 9.52 Å². The van der Waals surface area contributed by atoms with Crippen LogP contribution in [0.25, 0.3) is 0 Å². The van der Waals surface area contributed by atoms with Gasteiger partial charge < -0.3 is 9.64 Å². The average molecular weight is 468 g/mol. The quantitative estimate of drug-likeness (QED) is 0.672. The number of ether oxygens (including phenoxy) is 1. The number of nitrogens with one attached hydrogen (secondary N) is 1. The predicted octanol–water partition coefficient (Wildman–Crippen LogP) is 4.05. The molecule has 13 heteroatoms. The molecular formula is C18H14F6N2O4S. The summed E-state index contributed by atoms with van der Waals surface area (Å²) in [7, 11) is -5.56. The van der Waals surface area contributed by atoms with Gasteiger partial charge in [0.25, 0.3) is 5.91 Å². The van der Waals surface area contributed by atoms with Gasteiger partial charge in [-0.2, -0.15) is 21.6 Å². The first-order valence-electron chi connectivity index (χ1n) is 8.62. The Morgan fingerprint density at radius 1 is 1.00 bits per heavy atom. The highest BCUT2D eigenvalue weighted by Gasteiger charge is 2.46. The summed E-state index contributed by atoms with van der Waals surface area (Å²) in [6.45, 7) is 0.113. The molecule has 0 bridgehead atoms. The van der Waals surface area contributed by atoms with Gasteiger partial charge in [0.2, 0.25) is 0 Å². The van der Waals surface area contributed by atoms with Gasteiger partial charge in [-0.1, -0.05) is 18.2 Å². The molecule has 31 heavy (non-hydrogen) atoms. The smallest absolute Gasteiger partial charge is 0.405 e. The third-order valence-corrected chi connectivity index (χ3v) is 5.51. The number of benzene rings is 2. The number of halogens is 6. The topological polar surface area (TPSA) is 75.7 Å². The van der Waals surface area contributed by atoms with Gasteiger partial charge in [0.05, 0.1) is 0 Å². The number of carbonyl (C=O) groups is 1. The van der Waals surface area contributed by atoms with Gasteiger partial charge in [-0.05, 0) is 36.2 Å². The molecule has 1 heterocycles. The number of anilines is 1. The maximum absolute atomic E-state index is 12.7. The van der Waals surface area contributed by atoms with Crippen LogP contribution in [0, 0.1) is 0 Å². The van der Waals surface area contributed by atoms with E-state index >= 15 is 0 Å². The third-order valence-electron chi connectivity index (χ3n) is 4.39. The number of fused-ring (bicyclic) bond motifs is 1. The fourth-order valence-electron chi connectivity index (χ4n) is 3.03. The minimum atomic E-state index is -5.56. The molecule has 0 spiro atoms. The predicted molar refractivity (Wildman–Crippen MR) is 96.6 cm³/mol. The fourth-order valence-corrected chi connectivity index (χ4v) is 3.59. The van der Waals surface area contributed by atoms with Crippen LogP contribution in [0.4, 0.5) is 32.0 Å². The number of hydrogen-bond donors (Lipinski definition) is 1. The summed E-state index contributed by atoms with van der Waals surface area (Å²) in [4.78, 5) is 14.0. The van der Waals surface area contributed by atoms with E-state index < -0.39 is 33.6 Å². The van der Waals surface area contributed by atoms with Crippen molar-refractivity contribution in [2.75, 3.05) is 11.3 Å². The highest BCUT2D eigenvalue weighted by Crippen LogP contribution is 2.32. The average Bonchev–Trinajstić information content (AvgIpc) is 2.63. The molecule has 1 aliphatic heterocycles. The molecule has 3 rings (SSSR count). The fraction of sp³-hybridized carbons (Fsp3) is 0.278. The van der Waals surface area contributed by atoms with Crippen LogP contribution in [0.2, 0.25) is 0 Å². The lowest BCUT2D eigenvalue weighted by molar-refractivity contribution is -0.274. The number of hydrogen-bond acceptors (Lipinski definition) is 4. The van der Waals surface area contributed by atoms with E-state index in [1.165, 1.54) is 33.9 Å². The molecule has 168 valence electrons. The number of alkyl halides is 6. The largest absolute Gasteiger partial charge is 0.573 e. The Morgan fingerprint density at radius 2 is 1.65 bits per heavy atom. The Hall–Kier alpha value is -2.96. The van der Waals surface area contributed by atoms with E-state index in [4.69, 9.17) is 0 Å². The minimum absolute atomic E-state index is 0.0227. The monoisotopic (exact) mass is 468 g/mol. The van der Waals surface area contributed by atoms with Crippen molar-refractivity contribution in [1.29, 1.82) is 0 Å². The molecule has 0 saturated heterocycles. The van der Waals surface area contributed by atoms with Crippen LogP contribution < -0.4 is 9.46 Å². The van der Waals surface area contributed by atoms with Crippen molar-refractivity contribution in [1.82, 2.24) is 4.90 Å². The molecule has 1 N–H and O–H groups in total. The summed E-state index contributed by atoms with van der Waals surface area (Å²) >= 11 is 0. The molecule has 0 unspecified atom stereocenters. The van der Waals surface area contributed by atoms with Crippen LogP contribution in [-0.2, 0) is 23.0 Å². The molecule has 0 aromatic heterocycles. The summed E-state index contributed by atoms with van der Waals surface area (Å²) < 4.78 is 103. The number of rotatable bonds is 5. The summed E-state index contributed by atoms with van der Waals surface area (Å²) in [5.41, 5.74) is -5.10. The van der Waals surface area contributed by atoms with Gasteiger partial charge >= 0.3 is 21.9 Å². The lowest BCUT2D eigenvalue weighted by Crippen LogP contribution is -2.37. The molecule has 2 aromatic carbocycles. The van der Waals surface area contributed by atoms with E-state index in [1.54, 1.807) is 0 Å². The Kier molecular flexibility index (Phi) is 5.82. The zero-order chi connectivity index (χ0) is 23.0. The van der Waals surface area contributed by atoms with E-state index in [2.05, 4.69) is 4.74 Å². The van der Waals surface area contributed by atoms with Crippen molar-refractivity contribution < 1.29 is 44.3 Å². The van der Waals surface area contributed by atoms with Crippen LogP contribution in [-0.4, -0.2) is 37.6 Å². The maximum atomic E-state index is 12.7. The Labute approximate surface area is 172 Å². The first-order valence-corrected chi connectivity index (χ1v) is 10.1. The molecular weight excluding hydrogens is 454 g/mol. The van der Waals surface area contributed by atoms with Crippen molar-refractivity contribution in [3.8, 4) is 5.75 Å². The molecule has 0 aliphatic carbocycles. The normalized spacial score (nSPS) is 14.9. The van der Waals surface area contributed by atoms with Gasteiger partial charge in [-0.25, -0.2) is 0 Å². The molecule has 1 aliphatic rings. The van der Waals surface area contributed by atoms with Crippen molar-refractivity contribution in [2.24, 2.45) is 0 Å². The lowest BCUT2D eigenvalue weighted by atomic mass is 9.97. The molecule has 0 radical (unpaired) electrons. The summed E-state index contributed by atoms with van der Waals surface area (Å²) in [6.07, 6.45) is -4.79. The third kappa shape index (κ3) is 5.21. The number of amides is 1. The van der Waals surface area contributed by atoms with Gasteiger partial charge in [0, 0.05) is 29.9 Å². The number of nitrogens with zero attached hydrogens (tertiary/aromatic N) is 1. The van der Waals surface area contributed by atoms with Gasteiger partial charge in [-0.15, -0.1) is 13.2 Å². The summed E-state index contributed by atoms with van der Waals surface area (Å²) in [5, 5.41) is 0. The molecule has 0 atom stereocenters. The van der Waals surface area contributed by atoms with Crippen molar-refractivity contribution in [3.63, 3.8) is 0 Å². The van der Waals surface area contributed by atoms with E-state index in [-0.39, 0.29) is 36.3 Å². The second-order valence-corrected chi connectivity index (χ2v) is 8.23. The first-order chi connectivity index (χ1) is 14.3. The van der Waals surface area contributed by atoms with E-state index in [0.717, 1.165) is 18.2 Å². The Morgan fingerprint density at radius 3 is 2.23 bits per heavy atom. The van der Waals surface area contributed by atoms with Gasteiger partial charge in [0.1, 0.15) is 5.75 Å². The van der Waals surface area contributed by atoms with Crippen LogP contribution in [0.3, 0.4) is 0 Å². The zero-order valence-electron chi connectivity index (χ0n) is 15.4. The Bertz CT molecular complexity index is 1080. The van der Waals surface area contributed by atoms with Crippen LogP contribution in [0.15, 0.2) is 42.5 Å². The maximum Gasteiger partial charge on any atom is 0.573 e. The lowest BCUT2D eigenvalue weighted by Gasteiger charge is -2.30. The van der Waals surface area contributed by atoms with E-state index in [9.17, 15) is 39.6 Å². The number of carbonyl (C=O) groups excluding carboxylic acids is 1. The molecule has 1 amide bonds. The molecule has 6 nitrogen and oxygen atoms in total.